The second kappa shape index (κ2) is 7.42. The lowest BCUT2D eigenvalue weighted by Gasteiger charge is -2.13. The minimum atomic E-state index is -3.31. The van der Waals surface area contributed by atoms with Gasteiger partial charge in [0.1, 0.15) is 0 Å². The molecule has 1 atom stereocenters. The highest BCUT2D eigenvalue weighted by Gasteiger charge is 2.11. The van der Waals surface area contributed by atoms with E-state index < -0.39 is 10.0 Å². The van der Waals surface area contributed by atoms with Gasteiger partial charge in [-0.3, -0.25) is 9.52 Å². The van der Waals surface area contributed by atoms with Crippen LogP contribution in [0.25, 0.3) is 0 Å². The first-order valence-corrected chi connectivity index (χ1v) is 8.72. The number of sulfonamides is 1. The predicted octanol–water partition coefficient (Wildman–Crippen LogP) is 1.68. The fourth-order valence-electron chi connectivity index (χ4n) is 1.92. The molecule has 1 aromatic rings. The molecule has 0 aliphatic rings. The van der Waals surface area contributed by atoms with Gasteiger partial charge < -0.3 is 11.1 Å². The van der Waals surface area contributed by atoms with Crippen molar-refractivity contribution < 1.29 is 13.2 Å². The molecule has 0 aromatic heterocycles. The highest BCUT2D eigenvalue weighted by atomic mass is 32.2. The maximum atomic E-state index is 11.9. The van der Waals surface area contributed by atoms with Gasteiger partial charge in [-0.25, -0.2) is 8.42 Å². The second-order valence-electron chi connectivity index (χ2n) is 5.17. The van der Waals surface area contributed by atoms with Gasteiger partial charge in [0.15, 0.2) is 0 Å². The topological polar surface area (TPSA) is 101 Å². The molecule has 0 spiro atoms. The number of nitrogens with two attached hydrogens (primary N) is 1. The number of nitrogens with one attached hydrogen (secondary N) is 2. The molecule has 0 radical (unpaired) electrons. The number of aryl methyl sites for hydroxylation is 1. The third kappa shape index (κ3) is 6.14. The molecular formula is C14H23N3O3S. The SMILES string of the molecule is CCC(CN)CC(=O)Nc1ccc(NS(C)(=O)=O)c(C)c1. The highest BCUT2D eigenvalue weighted by Crippen LogP contribution is 2.21. The summed E-state index contributed by atoms with van der Waals surface area (Å²) in [5.74, 6) is 0.0905. The van der Waals surface area contributed by atoms with Crippen LogP contribution in [-0.4, -0.2) is 27.1 Å². The average molecular weight is 313 g/mol. The quantitative estimate of drug-likeness (QED) is 0.713. The fraction of sp³-hybridized carbons (Fsp3) is 0.500. The third-order valence-electron chi connectivity index (χ3n) is 3.19. The van der Waals surface area contributed by atoms with Crippen LogP contribution in [0.4, 0.5) is 11.4 Å². The van der Waals surface area contributed by atoms with Crippen LogP contribution in [0.1, 0.15) is 25.3 Å². The number of anilines is 2. The van der Waals surface area contributed by atoms with E-state index in [1.165, 1.54) is 0 Å². The minimum Gasteiger partial charge on any atom is -0.330 e. The van der Waals surface area contributed by atoms with Gasteiger partial charge in [0.05, 0.1) is 11.9 Å². The van der Waals surface area contributed by atoms with Crippen molar-refractivity contribution in [1.29, 1.82) is 0 Å². The van der Waals surface area contributed by atoms with E-state index >= 15 is 0 Å². The van der Waals surface area contributed by atoms with E-state index in [9.17, 15) is 13.2 Å². The van der Waals surface area contributed by atoms with Crippen LogP contribution in [-0.2, 0) is 14.8 Å². The lowest BCUT2D eigenvalue weighted by atomic mass is 10.0. The molecule has 0 heterocycles. The van der Waals surface area contributed by atoms with E-state index in [1.807, 2.05) is 6.92 Å². The van der Waals surface area contributed by atoms with Crippen molar-refractivity contribution in [2.75, 3.05) is 22.8 Å². The number of carbonyl (C=O) groups excluding carboxylic acids is 1. The molecule has 4 N–H and O–H groups in total. The molecule has 1 aromatic carbocycles. The van der Waals surface area contributed by atoms with Gasteiger partial charge in [0.2, 0.25) is 15.9 Å². The number of amides is 1. The lowest BCUT2D eigenvalue weighted by Crippen LogP contribution is -2.21. The summed E-state index contributed by atoms with van der Waals surface area (Å²) in [5.41, 5.74) is 7.47. The maximum absolute atomic E-state index is 11.9. The van der Waals surface area contributed by atoms with Crippen molar-refractivity contribution >= 4 is 27.3 Å². The number of hydrogen-bond acceptors (Lipinski definition) is 4. The lowest BCUT2D eigenvalue weighted by molar-refractivity contribution is -0.117. The highest BCUT2D eigenvalue weighted by molar-refractivity contribution is 7.92. The Bertz CT molecular complexity index is 595. The summed E-state index contributed by atoms with van der Waals surface area (Å²) >= 11 is 0. The Morgan fingerprint density at radius 3 is 2.52 bits per heavy atom. The van der Waals surface area contributed by atoms with Crippen LogP contribution in [0.3, 0.4) is 0 Å². The Morgan fingerprint density at radius 2 is 2.05 bits per heavy atom. The van der Waals surface area contributed by atoms with E-state index in [-0.39, 0.29) is 11.8 Å². The summed E-state index contributed by atoms with van der Waals surface area (Å²) in [5, 5.41) is 2.80. The molecule has 0 fully saturated rings. The molecule has 0 saturated heterocycles. The third-order valence-corrected chi connectivity index (χ3v) is 3.78. The van der Waals surface area contributed by atoms with Crippen LogP contribution in [0.15, 0.2) is 18.2 Å². The maximum Gasteiger partial charge on any atom is 0.229 e. The van der Waals surface area contributed by atoms with Gasteiger partial charge in [-0.15, -0.1) is 0 Å². The summed E-state index contributed by atoms with van der Waals surface area (Å²) in [4.78, 5) is 11.9. The minimum absolute atomic E-state index is 0.0875. The summed E-state index contributed by atoms with van der Waals surface area (Å²) < 4.78 is 24.8. The van der Waals surface area contributed by atoms with E-state index in [1.54, 1.807) is 25.1 Å². The molecule has 118 valence electrons. The van der Waals surface area contributed by atoms with Crippen LogP contribution in [0, 0.1) is 12.8 Å². The van der Waals surface area contributed by atoms with Crippen molar-refractivity contribution in [2.45, 2.75) is 26.7 Å². The Morgan fingerprint density at radius 1 is 1.38 bits per heavy atom. The molecule has 0 aliphatic heterocycles. The normalized spacial score (nSPS) is 12.8. The number of carbonyl (C=O) groups is 1. The Kier molecular flexibility index (Phi) is 6.17. The first-order valence-electron chi connectivity index (χ1n) is 6.83. The molecule has 0 aliphatic carbocycles. The van der Waals surface area contributed by atoms with Crippen molar-refractivity contribution in [3.8, 4) is 0 Å². The van der Waals surface area contributed by atoms with E-state index in [0.29, 0.717) is 24.3 Å². The number of benzene rings is 1. The van der Waals surface area contributed by atoms with Crippen LogP contribution in [0.2, 0.25) is 0 Å². The first kappa shape index (κ1) is 17.5. The summed E-state index contributed by atoms with van der Waals surface area (Å²) in [6.07, 6.45) is 2.34. The zero-order chi connectivity index (χ0) is 16.0. The number of rotatable bonds is 7. The van der Waals surface area contributed by atoms with Crippen molar-refractivity contribution in [3.63, 3.8) is 0 Å². The molecule has 0 bridgehead atoms. The van der Waals surface area contributed by atoms with Crippen LogP contribution in [0.5, 0.6) is 0 Å². The molecule has 1 unspecified atom stereocenters. The standard InChI is InChI=1S/C14H23N3O3S/c1-4-11(9-15)8-14(18)16-12-5-6-13(10(2)7-12)17-21(3,19)20/h5-7,11,17H,4,8-9,15H2,1-3H3,(H,16,18). The molecule has 6 nitrogen and oxygen atoms in total. The van der Waals surface area contributed by atoms with Crippen molar-refractivity contribution in [3.05, 3.63) is 23.8 Å². The Balaban J connectivity index is 2.74. The van der Waals surface area contributed by atoms with Gasteiger partial charge >= 0.3 is 0 Å². The van der Waals surface area contributed by atoms with E-state index in [4.69, 9.17) is 5.73 Å². The second-order valence-corrected chi connectivity index (χ2v) is 6.91. The summed E-state index contributed by atoms with van der Waals surface area (Å²) in [6, 6.07) is 5.03. The molecule has 7 heteroatoms. The molecule has 1 amide bonds. The molecule has 1 rings (SSSR count). The molecule has 21 heavy (non-hydrogen) atoms. The van der Waals surface area contributed by atoms with Gasteiger partial charge in [-0.2, -0.15) is 0 Å². The largest absolute Gasteiger partial charge is 0.330 e. The van der Waals surface area contributed by atoms with Crippen molar-refractivity contribution in [1.82, 2.24) is 0 Å². The van der Waals surface area contributed by atoms with Gasteiger partial charge in [0, 0.05) is 12.1 Å². The summed E-state index contributed by atoms with van der Waals surface area (Å²) in [6.45, 7) is 4.26. The Hall–Kier alpha value is -1.60. The van der Waals surface area contributed by atoms with Gasteiger partial charge in [-0.05, 0) is 43.1 Å². The first-order chi connectivity index (χ1) is 9.75. The number of hydrogen-bond donors (Lipinski definition) is 3. The fourth-order valence-corrected chi connectivity index (χ4v) is 2.55. The van der Waals surface area contributed by atoms with Crippen LogP contribution >= 0.6 is 0 Å². The Labute approximate surface area is 126 Å². The monoisotopic (exact) mass is 313 g/mol. The predicted molar refractivity (Wildman–Crippen MR) is 85.7 cm³/mol. The van der Waals surface area contributed by atoms with Gasteiger partial charge in [0.25, 0.3) is 0 Å². The van der Waals surface area contributed by atoms with Crippen molar-refractivity contribution in [2.24, 2.45) is 11.7 Å². The van der Waals surface area contributed by atoms with E-state index in [0.717, 1.165) is 18.2 Å². The van der Waals surface area contributed by atoms with E-state index in [2.05, 4.69) is 10.0 Å². The molecule has 0 saturated carbocycles. The molecular weight excluding hydrogens is 290 g/mol. The zero-order valence-corrected chi connectivity index (χ0v) is 13.5. The zero-order valence-electron chi connectivity index (χ0n) is 12.6. The van der Waals surface area contributed by atoms with Crippen LogP contribution < -0.4 is 15.8 Å². The summed E-state index contributed by atoms with van der Waals surface area (Å²) in [7, 11) is -3.31. The smallest absolute Gasteiger partial charge is 0.229 e. The average Bonchev–Trinajstić information content (AvgIpc) is 2.38. The van der Waals surface area contributed by atoms with Gasteiger partial charge in [-0.1, -0.05) is 13.3 Å².